The maximum atomic E-state index is 13.0. The van der Waals surface area contributed by atoms with Crippen LogP contribution in [-0.4, -0.2) is 11.0 Å². The number of fused-ring (bicyclic) bond motifs is 1. The van der Waals surface area contributed by atoms with E-state index in [-0.39, 0.29) is 11.3 Å². The highest BCUT2D eigenvalue weighted by atomic mass is 32.2. The van der Waals surface area contributed by atoms with Gasteiger partial charge in [0.1, 0.15) is 5.69 Å². The van der Waals surface area contributed by atoms with Gasteiger partial charge in [-0.05, 0) is 31.7 Å². The van der Waals surface area contributed by atoms with Crippen LogP contribution < -0.4 is 10.5 Å². The topological polar surface area (TPSA) is 97.4 Å². The second-order valence-corrected chi connectivity index (χ2v) is 5.27. The minimum atomic E-state index is -4.62. The van der Waals surface area contributed by atoms with Crippen LogP contribution in [0.5, 0.6) is 0 Å². The highest BCUT2D eigenvalue weighted by molar-refractivity contribution is 7.72. The number of amides is 2. The summed E-state index contributed by atoms with van der Waals surface area (Å²) in [6, 6.07) is -1.05. The smallest absolute Gasteiger partial charge is 0.430 e. The fraction of sp³-hybridized carbons (Fsp3) is 0.455. The van der Waals surface area contributed by atoms with Crippen LogP contribution in [0.15, 0.2) is 4.36 Å². The summed E-state index contributed by atoms with van der Waals surface area (Å²) in [7, 11) is -2.22. The van der Waals surface area contributed by atoms with E-state index < -0.39 is 28.7 Å². The van der Waals surface area contributed by atoms with Gasteiger partial charge in [-0.2, -0.15) is 13.2 Å². The first kappa shape index (κ1) is 15.7. The summed E-state index contributed by atoms with van der Waals surface area (Å²) in [5.41, 5.74) is -0.310. The van der Waals surface area contributed by atoms with Crippen LogP contribution in [0.25, 0.3) is 0 Å². The van der Waals surface area contributed by atoms with Gasteiger partial charge in [0, 0.05) is 11.3 Å². The number of pyridine rings is 1. The van der Waals surface area contributed by atoms with Gasteiger partial charge in [0.05, 0.1) is 5.69 Å². The van der Waals surface area contributed by atoms with Crippen molar-refractivity contribution >= 4 is 22.5 Å². The van der Waals surface area contributed by atoms with Crippen LogP contribution in [0.1, 0.15) is 28.9 Å². The molecule has 6 nitrogen and oxygen atoms in total. The number of rotatable bonds is 1. The van der Waals surface area contributed by atoms with Crippen LogP contribution in [0.4, 0.5) is 23.7 Å². The first-order chi connectivity index (χ1) is 9.70. The number of hydrogen-bond acceptors (Lipinski definition) is 4. The first-order valence-corrected chi connectivity index (χ1v) is 7.15. The van der Waals surface area contributed by atoms with Crippen molar-refractivity contribution in [3.8, 4) is 0 Å². The fourth-order valence-corrected chi connectivity index (χ4v) is 2.55. The lowest BCUT2D eigenvalue weighted by molar-refractivity contribution is -0.141. The normalized spacial score (nSPS) is 15.9. The predicted octanol–water partition coefficient (Wildman–Crippen LogP) is 2.45. The van der Waals surface area contributed by atoms with Gasteiger partial charge in [0.25, 0.3) is 0 Å². The number of aromatic nitrogens is 1. The maximum absolute atomic E-state index is 13.0. The number of hydrogen-bond donors (Lipinski definition) is 2. The van der Waals surface area contributed by atoms with Gasteiger partial charge < -0.3 is 19.0 Å². The van der Waals surface area contributed by atoms with Crippen molar-refractivity contribution in [1.29, 1.82) is 0 Å². The Morgan fingerprint density at radius 3 is 2.67 bits per heavy atom. The van der Waals surface area contributed by atoms with E-state index in [4.69, 9.17) is 5.14 Å². The van der Waals surface area contributed by atoms with Crippen LogP contribution in [0.2, 0.25) is 0 Å². The molecule has 0 atom stereocenters. The molecular weight excluding hydrogens is 309 g/mol. The monoisotopic (exact) mass is 321 g/mol. The number of halogens is 3. The van der Waals surface area contributed by atoms with Gasteiger partial charge in [-0.3, -0.25) is 0 Å². The van der Waals surface area contributed by atoms with E-state index in [9.17, 15) is 22.2 Å². The molecule has 0 saturated heterocycles. The molecule has 116 valence electrons. The van der Waals surface area contributed by atoms with E-state index in [0.717, 1.165) is 0 Å². The number of nitrogens with two attached hydrogens (primary N) is 1. The summed E-state index contributed by atoms with van der Waals surface area (Å²) < 4.78 is 52.6. The molecule has 2 rings (SSSR count). The quantitative estimate of drug-likeness (QED) is 0.777. The first-order valence-electron chi connectivity index (χ1n) is 5.98. The second kappa shape index (κ2) is 5.60. The van der Waals surface area contributed by atoms with Gasteiger partial charge in [-0.1, -0.05) is 0 Å². The van der Waals surface area contributed by atoms with E-state index in [1.807, 2.05) is 0 Å². The van der Waals surface area contributed by atoms with E-state index in [2.05, 4.69) is 14.7 Å². The second-order valence-electron chi connectivity index (χ2n) is 4.53. The van der Waals surface area contributed by atoms with Gasteiger partial charge >= 0.3 is 12.2 Å². The maximum Gasteiger partial charge on any atom is 0.433 e. The molecule has 0 aliphatic heterocycles. The Hall–Kier alpha value is -1.68. The van der Waals surface area contributed by atoms with Crippen LogP contribution in [0.3, 0.4) is 0 Å². The fourth-order valence-electron chi connectivity index (χ4n) is 2.34. The van der Waals surface area contributed by atoms with E-state index in [1.165, 1.54) is 6.92 Å². The third-order valence-corrected chi connectivity index (χ3v) is 3.49. The minimum absolute atomic E-state index is 0.0315. The number of carbonyl (C=O) groups excluding carboxylic acids is 1. The number of nitrogens with one attached hydrogen (secondary N) is 1. The van der Waals surface area contributed by atoms with Gasteiger partial charge in [0.2, 0.25) is 0 Å². The number of nitrogens with zero attached hydrogens (tertiary/aromatic N) is 2. The zero-order valence-corrected chi connectivity index (χ0v) is 11.8. The number of aryl methyl sites for hydroxylation is 1. The molecule has 1 heterocycles. The van der Waals surface area contributed by atoms with E-state index in [0.29, 0.717) is 30.5 Å². The molecule has 2 amide bonds. The number of carbonyl (C=O) groups is 1. The lowest BCUT2D eigenvalue weighted by Gasteiger charge is -2.17. The Morgan fingerprint density at radius 1 is 1.43 bits per heavy atom. The van der Waals surface area contributed by atoms with Crippen molar-refractivity contribution in [3.05, 3.63) is 22.5 Å². The molecule has 0 aromatic carbocycles. The summed E-state index contributed by atoms with van der Waals surface area (Å²) in [6.45, 7) is 1.23. The number of urea groups is 1. The molecule has 1 aliphatic carbocycles. The van der Waals surface area contributed by atoms with Gasteiger partial charge in [-0.15, -0.1) is 10.8 Å². The highest BCUT2D eigenvalue weighted by Gasteiger charge is 2.37. The molecule has 0 unspecified atom stereocenters. The van der Waals surface area contributed by atoms with Gasteiger partial charge in [0.15, 0.2) is 0 Å². The minimum Gasteiger partial charge on any atom is -0.430 e. The summed E-state index contributed by atoms with van der Waals surface area (Å²) in [4.78, 5) is 15.1. The summed E-state index contributed by atoms with van der Waals surface area (Å²) in [6.07, 6.45) is -3.02. The molecule has 1 aromatic heterocycles. The molecule has 21 heavy (non-hydrogen) atoms. The standard InChI is InChI=1S/C11H12F3N4O2S/c1-5-8(17-10(19)18-21(15)20)6-3-2-4-7(6)16-9(5)11(12,13)14/h2-4H2,1H3,(H3,15,16,17,18,19,20)/q-1. The van der Waals surface area contributed by atoms with E-state index >= 15 is 0 Å². The van der Waals surface area contributed by atoms with Crippen LogP contribution >= 0.6 is 0 Å². The molecule has 0 bridgehead atoms. The molecule has 0 fully saturated rings. The Morgan fingerprint density at radius 2 is 2.10 bits per heavy atom. The molecule has 10 heteroatoms. The Labute approximate surface area is 120 Å². The van der Waals surface area contributed by atoms with Crippen molar-refractivity contribution in [1.82, 2.24) is 4.98 Å². The summed E-state index contributed by atoms with van der Waals surface area (Å²) in [5, 5.41) is 7.09. The highest BCUT2D eigenvalue weighted by Crippen LogP contribution is 2.38. The van der Waals surface area contributed by atoms with Crippen molar-refractivity contribution in [2.45, 2.75) is 32.4 Å². The number of alkyl halides is 3. The molecule has 0 radical (unpaired) electrons. The number of anilines is 1. The average Bonchev–Trinajstić information content (AvgIpc) is 2.78. The molecule has 0 spiro atoms. The average molecular weight is 321 g/mol. The Kier molecular flexibility index (Phi) is 4.19. The molecule has 3 N–H and O–H groups in total. The van der Waals surface area contributed by atoms with Crippen molar-refractivity contribution in [3.63, 3.8) is 0 Å². The molecule has 1 aliphatic rings. The summed E-state index contributed by atoms with van der Waals surface area (Å²) in [5.74, 6) is 0. The largest absolute Gasteiger partial charge is 0.433 e. The molecular formula is C11H12F3N4O2S-. The lowest BCUT2D eigenvalue weighted by Crippen LogP contribution is -2.17. The SMILES string of the molecule is Cc1c(C(F)(F)F)nc2c(c1NC(=O)N=[S-](N)=O)CCC2. The van der Waals surface area contributed by atoms with Gasteiger partial charge in [-0.25, -0.2) is 9.78 Å². The van der Waals surface area contributed by atoms with Crippen molar-refractivity contribution in [2.75, 3.05) is 5.32 Å². The zero-order valence-electron chi connectivity index (χ0n) is 11.0. The van der Waals surface area contributed by atoms with E-state index in [1.54, 1.807) is 0 Å². The van der Waals surface area contributed by atoms with Crippen molar-refractivity contribution < 1.29 is 22.2 Å². The third-order valence-electron chi connectivity index (χ3n) is 3.14. The summed E-state index contributed by atoms with van der Waals surface area (Å²) >= 11 is 0. The van der Waals surface area contributed by atoms with Crippen LogP contribution in [-0.2, 0) is 34.0 Å². The third kappa shape index (κ3) is 3.32. The Balaban J connectivity index is 2.54. The van der Waals surface area contributed by atoms with Crippen molar-refractivity contribution in [2.24, 2.45) is 9.50 Å². The predicted molar refractivity (Wildman–Crippen MR) is 69.7 cm³/mol. The lowest BCUT2D eigenvalue weighted by atomic mass is 10.1. The molecule has 1 aromatic rings. The zero-order chi connectivity index (χ0) is 15.8. The Bertz CT molecular complexity index is 681. The molecule has 0 saturated carbocycles. The van der Waals surface area contributed by atoms with Crippen LogP contribution in [0, 0.1) is 6.92 Å².